The third kappa shape index (κ3) is 4.67. The lowest BCUT2D eigenvalue weighted by molar-refractivity contribution is 0.100. The Morgan fingerprint density at radius 2 is 1.83 bits per heavy atom. The number of hydrogen-bond donors (Lipinski definition) is 3. The molecule has 0 aliphatic carbocycles. The average molecular weight is 416 g/mol. The molecule has 1 heterocycles. The monoisotopic (exact) mass is 416 g/mol. The number of nitrogens with two attached hydrogens (primary N) is 1. The zero-order valence-corrected chi connectivity index (χ0v) is 16.2. The molecule has 0 aliphatic rings. The van der Waals surface area contributed by atoms with Crippen LogP contribution in [0, 0.1) is 11.6 Å². The highest BCUT2D eigenvalue weighted by Gasteiger charge is 2.21. The van der Waals surface area contributed by atoms with Gasteiger partial charge in [0.25, 0.3) is 5.91 Å². The zero-order chi connectivity index (χ0) is 21.1. The first-order valence-corrected chi connectivity index (χ1v) is 9.52. The van der Waals surface area contributed by atoms with Crippen LogP contribution in [0.1, 0.15) is 33.2 Å². The number of halogens is 2. The molecule has 5 nitrogen and oxygen atoms in total. The number of rotatable bonds is 7. The number of primary amides is 1. The molecule has 0 radical (unpaired) electrons. The molecule has 0 saturated carbocycles. The molecular formula is C21H18F2N2O3S. The molecule has 3 aromatic rings. The largest absolute Gasteiger partial charge is 0.393 e. The molecule has 0 saturated heterocycles. The van der Waals surface area contributed by atoms with Gasteiger partial charge in [-0.05, 0) is 61.4 Å². The maximum Gasteiger partial charge on any atom is 0.251 e. The standard InChI is InChI=1S/C21H18F2N2O3S/c1-11(27)6-13-7-16(22)19(17(23)8-13)18-9-15(20(24)28)21(29-18)25-14-4-2-12(10-26)3-5-14/h2-5,7-11,25,27H,6H2,1H3,(H2,24,28). The highest BCUT2D eigenvalue weighted by atomic mass is 32.1. The Labute approximate surface area is 169 Å². The number of thiophene rings is 1. The molecule has 2 aromatic carbocycles. The van der Waals surface area contributed by atoms with Gasteiger partial charge in [-0.2, -0.15) is 0 Å². The topological polar surface area (TPSA) is 92.4 Å². The molecule has 150 valence electrons. The van der Waals surface area contributed by atoms with Crippen LogP contribution in [-0.4, -0.2) is 23.4 Å². The predicted octanol–water partition coefficient (Wildman–Crippen LogP) is 4.27. The van der Waals surface area contributed by atoms with Crippen molar-refractivity contribution >= 4 is 34.2 Å². The quantitative estimate of drug-likeness (QED) is 0.502. The van der Waals surface area contributed by atoms with Crippen LogP contribution in [0.15, 0.2) is 42.5 Å². The van der Waals surface area contributed by atoms with Gasteiger partial charge in [-0.1, -0.05) is 0 Å². The van der Waals surface area contributed by atoms with E-state index in [-0.39, 0.29) is 22.4 Å². The van der Waals surface area contributed by atoms with E-state index in [2.05, 4.69) is 5.32 Å². The summed E-state index contributed by atoms with van der Waals surface area (Å²) in [6, 6.07) is 10.1. The van der Waals surface area contributed by atoms with E-state index in [1.165, 1.54) is 25.1 Å². The van der Waals surface area contributed by atoms with E-state index in [1.54, 1.807) is 24.3 Å². The van der Waals surface area contributed by atoms with Crippen molar-refractivity contribution in [2.24, 2.45) is 5.73 Å². The van der Waals surface area contributed by atoms with Crippen molar-refractivity contribution in [2.75, 3.05) is 5.32 Å². The summed E-state index contributed by atoms with van der Waals surface area (Å²) in [6.45, 7) is 1.53. The highest BCUT2D eigenvalue weighted by Crippen LogP contribution is 2.39. The van der Waals surface area contributed by atoms with Gasteiger partial charge in [-0.3, -0.25) is 9.59 Å². The van der Waals surface area contributed by atoms with Gasteiger partial charge >= 0.3 is 0 Å². The minimum absolute atomic E-state index is 0.0938. The molecule has 8 heteroatoms. The van der Waals surface area contributed by atoms with Crippen LogP contribution in [0.25, 0.3) is 10.4 Å². The number of aldehydes is 1. The van der Waals surface area contributed by atoms with Gasteiger partial charge in [-0.25, -0.2) is 8.78 Å². The van der Waals surface area contributed by atoms with Crippen molar-refractivity contribution in [2.45, 2.75) is 19.4 Å². The van der Waals surface area contributed by atoms with Crippen LogP contribution >= 0.6 is 11.3 Å². The first-order chi connectivity index (χ1) is 13.8. The van der Waals surface area contributed by atoms with Crippen LogP contribution in [0.3, 0.4) is 0 Å². The van der Waals surface area contributed by atoms with Gasteiger partial charge in [0.15, 0.2) is 0 Å². The minimum atomic E-state index is -0.792. The highest BCUT2D eigenvalue weighted by molar-refractivity contribution is 7.20. The van der Waals surface area contributed by atoms with Crippen molar-refractivity contribution < 1.29 is 23.5 Å². The Morgan fingerprint density at radius 1 is 1.21 bits per heavy atom. The molecule has 0 aliphatic heterocycles. The second-order valence-corrected chi connectivity index (χ2v) is 7.62. The summed E-state index contributed by atoms with van der Waals surface area (Å²) in [5.74, 6) is -2.33. The molecule has 1 aromatic heterocycles. The van der Waals surface area contributed by atoms with E-state index >= 15 is 0 Å². The Hall–Kier alpha value is -3.10. The van der Waals surface area contributed by atoms with Crippen LogP contribution in [0.4, 0.5) is 19.5 Å². The molecule has 4 N–H and O–H groups in total. The number of benzene rings is 2. The predicted molar refractivity (Wildman–Crippen MR) is 109 cm³/mol. The zero-order valence-electron chi connectivity index (χ0n) is 15.4. The number of amides is 1. The number of aliphatic hydroxyl groups is 1. The molecule has 29 heavy (non-hydrogen) atoms. The summed E-state index contributed by atoms with van der Waals surface area (Å²) in [6.07, 6.45) is 0.0906. The average Bonchev–Trinajstić information content (AvgIpc) is 3.04. The molecule has 1 amide bonds. The molecule has 0 spiro atoms. The third-order valence-corrected chi connectivity index (χ3v) is 5.25. The van der Waals surface area contributed by atoms with Crippen molar-refractivity contribution in [3.05, 3.63) is 70.8 Å². The summed E-state index contributed by atoms with van der Waals surface area (Å²) in [5, 5.41) is 12.8. The van der Waals surface area contributed by atoms with E-state index in [4.69, 9.17) is 5.73 Å². The lowest BCUT2D eigenvalue weighted by Gasteiger charge is -2.08. The molecule has 0 fully saturated rings. The minimum Gasteiger partial charge on any atom is -0.393 e. The van der Waals surface area contributed by atoms with Gasteiger partial charge in [-0.15, -0.1) is 11.3 Å². The molecule has 0 bridgehead atoms. The molecule has 3 rings (SSSR count). The van der Waals surface area contributed by atoms with Gasteiger partial charge in [0.05, 0.1) is 17.2 Å². The summed E-state index contributed by atoms with van der Waals surface area (Å²) in [5.41, 5.74) is 6.65. The summed E-state index contributed by atoms with van der Waals surface area (Å²) < 4.78 is 29.2. The lowest BCUT2D eigenvalue weighted by Crippen LogP contribution is -2.11. The first kappa shape index (κ1) is 20.6. The first-order valence-electron chi connectivity index (χ1n) is 8.70. The number of carbonyl (C=O) groups excluding carboxylic acids is 2. The molecular weight excluding hydrogens is 398 g/mol. The Kier molecular flexibility index (Phi) is 6.05. The number of hydrogen-bond acceptors (Lipinski definition) is 5. The van der Waals surface area contributed by atoms with E-state index in [9.17, 15) is 23.5 Å². The number of carbonyl (C=O) groups is 2. The van der Waals surface area contributed by atoms with Gasteiger partial charge in [0.1, 0.15) is 22.9 Å². The van der Waals surface area contributed by atoms with Crippen LogP contribution in [0.2, 0.25) is 0 Å². The Bertz CT molecular complexity index is 1040. The fourth-order valence-corrected chi connectivity index (χ4v) is 4.02. The van der Waals surface area contributed by atoms with Crippen molar-refractivity contribution in [1.29, 1.82) is 0 Å². The lowest BCUT2D eigenvalue weighted by atomic mass is 10.0. The second-order valence-electron chi connectivity index (χ2n) is 6.57. The van der Waals surface area contributed by atoms with Gasteiger partial charge in [0.2, 0.25) is 0 Å². The number of aliphatic hydroxyl groups excluding tert-OH is 1. The van der Waals surface area contributed by atoms with Gasteiger partial charge < -0.3 is 16.2 Å². The van der Waals surface area contributed by atoms with E-state index in [1.807, 2.05) is 0 Å². The number of anilines is 2. The summed E-state index contributed by atoms with van der Waals surface area (Å²) >= 11 is 0.983. The van der Waals surface area contributed by atoms with E-state index < -0.39 is 23.6 Å². The summed E-state index contributed by atoms with van der Waals surface area (Å²) in [4.78, 5) is 22.8. The molecule has 1 atom stereocenters. The summed E-state index contributed by atoms with van der Waals surface area (Å²) in [7, 11) is 0. The Balaban J connectivity index is 2.00. The fraction of sp³-hybridized carbons (Fsp3) is 0.143. The SMILES string of the molecule is CC(O)Cc1cc(F)c(-c2cc(C(N)=O)c(Nc3ccc(C=O)cc3)s2)c(F)c1. The van der Waals surface area contributed by atoms with E-state index in [0.29, 0.717) is 28.1 Å². The maximum atomic E-state index is 14.6. The number of nitrogens with one attached hydrogen (secondary N) is 1. The van der Waals surface area contributed by atoms with E-state index in [0.717, 1.165) is 11.3 Å². The van der Waals surface area contributed by atoms with Crippen LogP contribution in [0.5, 0.6) is 0 Å². The van der Waals surface area contributed by atoms with Crippen molar-refractivity contribution in [3.8, 4) is 10.4 Å². The van der Waals surface area contributed by atoms with Crippen LogP contribution in [-0.2, 0) is 6.42 Å². The van der Waals surface area contributed by atoms with Crippen LogP contribution < -0.4 is 11.1 Å². The van der Waals surface area contributed by atoms with Crippen molar-refractivity contribution in [3.63, 3.8) is 0 Å². The van der Waals surface area contributed by atoms with Crippen molar-refractivity contribution in [1.82, 2.24) is 0 Å². The fourth-order valence-electron chi connectivity index (χ4n) is 2.89. The normalized spacial score (nSPS) is 11.9. The van der Waals surface area contributed by atoms with Gasteiger partial charge in [0, 0.05) is 16.1 Å². The molecule has 1 unspecified atom stereocenters. The third-order valence-electron chi connectivity index (χ3n) is 4.18. The Morgan fingerprint density at radius 3 is 2.34 bits per heavy atom. The maximum absolute atomic E-state index is 14.6. The second kappa shape index (κ2) is 8.50. The smallest absolute Gasteiger partial charge is 0.251 e.